The van der Waals surface area contributed by atoms with Crippen LogP contribution < -0.4 is 10.1 Å². The maximum Gasteiger partial charge on any atom is 0.174 e. The zero-order valence-electron chi connectivity index (χ0n) is 10.7. The molecule has 4 nitrogen and oxygen atoms in total. The number of benzene rings is 1. The normalized spacial score (nSPS) is 11.8. The topological polar surface area (TPSA) is 57.9 Å². The van der Waals surface area contributed by atoms with Gasteiger partial charge in [0.1, 0.15) is 11.8 Å². The number of nitrogens with one attached hydrogen (secondary N) is 1. The highest BCUT2D eigenvalue weighted by Gasteiger charge is 2.05. The Morgan fingerprint density at radius 3 is 2.84 bits per heavy atom. The molecule has 0 radical (unpaired) electrons. The van der Waals surface area contributed by atoms with Crippen LogP contribution in [0.15, 0.2) is 36.0 Å². The number of rotatable bonds is 6. The molecule has 5 heteroatoms. The van der Waals surface area contributed by atoms with Crippen LogP contribution >= 0.6 is 11.3 Å². The van der Waals surface area contributed by atoms with Gasteiger partial charge in [0.15, 0.2) is 6.61 Å². The minimum atomic E-state index is 0.0819. The molecule has 1 atom stereocenters. The molecule has 0 spiro atoms. The van der Waals surface area contributed by atoms with Crippen LogP contribution in [0.25, 0.3) is 0 Å². The lowest BCUT2D eigenvalue weighted by Gasteiger charge is -2.14. The highest BCUT2D eigenvalue weighted by molar-refractivity contribution is 7.09. The largest absolute Gasteiger partial charge is 0.479 e. The molecule has 19 heavy (non-hydrogen) atoms. The summed E-state index contributed by atoms with van der Waals surface area (Å²) in [7, 11) is 0. The Balaban J connectivity index is 1.88. The second kappa shape index (κ2) is 6.88. The van der Waals surface area contributed by atoms with E-state index in [2.05, 4.69) is 17.2 Å². The molecule has 0 saturated heterocycles. The van der Waals surface area contributed by atoms with E-state index in [1.54, 1.807) is 11.3 Å². The van der Waals surface area contributed by atoms with Gasteiger partial charge in [-0.2, -0.15) is 5.26 Å². The van der Waals surface area contributed by atoms with Crippen molar-refractivity contribution in [3.63, 3.8) is 0 Å². The van der Waals surface area contributed by atoms with Gasteiger partial charge in [0.25, 0.3) is 0 Å². The highest BCUT2D eigenvalue weighted by Crippen LogP contribution is 2.18. The van der Waals surface area contributed by atoms with Crippen molar-refractivity contribution in [2.45, 2.75) is 19.5 Å². The van der Waals surface area contributed by atoms with Gasteiger partial charge >= 0.3 is 0 Å². The van der Waals surface area contributed by atoms with E-state index in [1.165, 1.54) is 10.4 Å². The Bertz CT molecular complexity index is 531. The SMILES string of the molecule is CC(NCc1cncs1)c1ccc(OCC#N)cc1. The second-order valence-corrected chi connectivity index (χ2v) is 5.06. The fraction of sp³-hybridized carbons (Fsp3) is 0.286. The van der Waals surface area contributed by atoms with E-state index < -0.39 is 0 Å². The third kappa shape index (κ3) is 4.05. The Morgan fingerprint density at radius 2 is 2.21 bits per heavy atom. The van der Waals surface area contributed by atoms with Crippen molar-refractivity contribution in [3.8, 4) is 11.8 Å². The summed E-state index contributed by atoms with van der Waals surface area (Å²) >= 11 is 1.65. The zero-order chi connectivity index (χ0) is 13.5. The number of nitriles is 1. The predicted molar refractivity (Wildman–Crippen MR) is 74.9 cm³/mol. The van der Waals surface area contributed by atoms with Gasteiger partial charge in [-0.25, -0.2) is 0 Å². The first-order valence-electron chi connectivity index (χ1n) is 6.00. The summed E-state index contributed by atoms with van der Waals surface area (Å²) < 4.78 is 5.22. The van der Waals surface area contributed by atoms with E-state index in [9.17, 15) is 0 Å². The van der Waals surface area contributed by atoms with Gasteiger partial charge in [-0.05, 0) is 24.6 Å². The maximum absolute atomic E-state index is 8.44. The highest BCUT2D eigenvalue weighted by atomic mass is 32.1. The van der Waals surface area contributed by atoms with Crippen molar-refractivity contribution in [2.75, 3.05) is 6.61 Å². The molecule has 0 aliphatic carbocycles. The molecule has 1 unspecified atom stereocenters. The number of hydrogen-bond donors (Lipinski definition) is 1. The first-order chi connectivity index (χ1) is 9.29. The van der Waals surface area contributed by atoms with E-state index in [-0.39, 0.29) is 12.6 Å². The summed E-state index contributed by atoms with van der Waals surface area (Å²) in [5.41, 5.74) is 3.03. The molecule has 0 bridgehead atoms. The lowest BCUT2D eigenvalue weighted by atomic mass is 10.1. The van der Waals surface area contributed by atoms with Crippen LogP contribution in [0.3, 0.4) is 0 Å². The molecule has 1 N–H and O–H groups in total. The molecular formula is C14H15N3OS. The minimum absolute atomic E-state index is 0.0819. The van der Waals surface area contributed by atoms with Gasteiger partial charge in [-0.15, -0.1) is 11.3 Å². The van der Waals surface area contributed by atoms with Crippen molar-refractivity contribution < 1.29 is 4.74 Å². The van der Waals surface area contributed by atoms with Crippen LogP contribution in [0, 0.1) is 11.3 Å². The molecule has 0 aliphatic heterocycles. The quantitative estimate of drug-likeness (QED) is 0.879. The van der Waals surface area contributed by atoms with Gasteiger partial charge in [0.2, 0.25) is 0 Å². The molecule has 1 aromatic carbocycles. The van der Waals surface area contributed by atoms with Crippen molar-refractivity contribution in [3.05, 3.63) is 46.4 Å². The van der Waals surface area contributed by atoms with Crippen LogP contribution in [0.5, 0.6) is 5.75 Å². The maximum atomic E-state index is 8.44. The average Bonchev–Trinajstić information content (AvgIpc) is 2.96. The van der Waals surface area contributed by atoms with Gasteiger partial charge < -0.3 is 10.1 Å². The monoisotopic (exact) mass is 273 g/mol. The van der Waals surface area contributed by atoms with Crippen molar-refractivity contribution >= 4 is 11.3 Å². The van der Waals surface area contributed by atoms with Crippen molar-refractivity contribution in [2.24, 2.45) is 0 Å². The van der Waals surface area contributed by atoms with E-state index in [4.69, 9.17) is 10.00 Å². The molecule has 0 amide bonds. The molecule has 0 saturated carbocycles. The summed E-state index contributed by atoms with van der Waals surface area (Å²) in [6.45, 7) is 3.02. The standard InChI is InChI=1S/C14H15N3OS/c1-11(17-9-14-8-16-10-19-14)12-2-4-13(5-3-12)18-7-6-15/h2-5,8,10-11,17H,7,9H2,1H3. The van der Waals surface area contributed by atoms with E-state index >= 15 is 0 Å². The number of aromatic nitrogens is 1. The summed E-state index contributed by atoms with van der Waals surface area (Å²) in [5.74, 6) is 0.722. The molecule has 2 rings (SSSR count). The van der Waals surface area contributed by atoms with E-state index in [0.29, 0.717) is 0 Å². The average molecular weight is 273 g/mol. The van der Waals surface area contributed by atoms with Gasteiger partial charge in [0.05, 0.1) is 5.51 Å². The Morgan fingerprint density at radius 1 is 1.42 bits per heavy atom. The Labute approximate surface area is 116 Å². The smallest absolute Gasteiger partial charge is 0.174 e. The molecule has 1 aromatic heterocycles. The molecule has 98 valence electrons. The number of hydrogen-bond acceptors (Lipinski definition) is 5. The summed E-state index contributed by atoms with van der Waals surface area (Å²) in [5, 5.41) is 11.9. The van der Waals surface area contributed by atoms with E-state index in [1.807, 2.05) is 42.0 Å². The minimum Gasteiger partial charge on any atom is -0.479 e. The molecule has 0 fully saturated rings. The first-order valence-corrected chi connectivity index (χ1v) is 6.88. The third-order valence-corrected chi connectivity index (χ3v) is 3.53. The van der Waals surface area contributed by atoms with Crippen LogP contribution in [0.2, 0.25) is 0 Å². The fourth-order valence-corrected chi connectivity index (χ4v) is 2.21. The first kappa shape index (κ1) is 13.5. The summed E-state index contributed by atoms with van der Waals surface area (Å²) in [6.07, 6.45) is 1.88. The van der Waals surface area contributed by atoms with Crippen LogP contribution in [-0.2, 0) is 6.54 Å². The van der Waals surface area contributed by atoms with Crippen molar-refractivity contribution in [1.29, 1.82) is 5.26 Å². The lowest BCUT2D eigenvalue weighted by Crippen LogP contribution is -2.17. The van der Waals surface area contributed by atoms with E-state index in [0.717, 1.165) is 12.3 Å². The van der Waals surface area contributed by atoms with Gasteiger partial charge in [0, 0.05) is 23.7 Å². The number of ether oxygens (including phenoxy) is 1. The van der Waals surface area contributed by atoms with Crippen molar-refractivity contribution in [1.82, 2.24) is 10.3 Å². The molecule has 1 heterocycles. The molecule has 2 aromatic rings. The lowest BCUT2D eigenvalue weighted by molar-refractivity contribution is 0.368. The second-order valence-electron chi connectivity index (χ2n) is 4.09. The summed E-state index contributed by atoms with van der Waals surface area (Å²) in [4.78, 5) is 5.27. The van der Waals surface area contributed by atoms with Crippen LogP contribution in [-0.4, -0.2) is 11.6 Å². The third-order valence-electron chi connectivity index (χ3n) is 2.75. The number of nitrogens with zero attached hydrogens (tertiary/aromatic N) is 2. The van der Waals surface area contributed by atoms with Crippen LogP contribution in [0.4, 0.5) is 0 Å². The predicted octanol–water partition coefficient (Wildman–Crippen LogP) is 2.90. The number of thiazole rings is 1. The molecular weight excluding hydrogens is 258 g/mol. The van der Waals surface area contributed by atoms with Gasteiger partial charge in [-0.1, -0.05) is 12.1 Å². The Hall–Kier alpha value is -1.90. The molecule has 0 aliphatic rings. The Kier molecular flexibility index (Phi) is 4.90. The zero-order valence-corrected chi connectivity index (χ0v) is 11.5. The van der Waals surface area contributed by atoms with Gasteiger partial charge in [-0.3, -0.25) is 4.98 Å². The fourth-order valence-electron chi connectivity index (χ4n) is 1.67. The van der Waals surface area contributed by atoms with Crippen LogP contribution in [0.1, 0.15) is 23.4 Å². The summed E-state index contributed by atoms with van der Waals surface area (Å²) in [6, 6.07) is 10.0.